The van der Waals surface area contributed by atoms with E-state index >= 15 is 0 Å². The number of aromatic amines is 1. The van der Waals surface area contributed by atoms with Crippen molar-refractivity contribution < 1.29 is 4.79 Å². The highest BCUT2D eigenvalue weighted by Gasteiger charge is 2.03. The van der Waals surface area contributed by atoms with Gasteiger partial charge < -0.3 is 4.98 Å². The average molecular weight is 276 g/mol. The van der Waals surface area contributed by atoms with E-state index in [1.54, 1.807) is 12.2 Å². The summed E-state index contributed by atoms with van der Waals surface area (Å²) in [5, 5.41) is 0. The minimum Gasteiger partial charge on any atom is -0.338 e. The standard InChI is InChI=1S/C18H16N2O/c1-2-13-7-9-14(10-8-13)17(21)11-12-18-19-15-5-3-4-6-16(15)20-18/h3-12H,2H2,1H3,(H,19,20). The molecule has 3 aromatic rings. The van der Waals surface area contributed by atoms with Gasteiger partial charge in [0.1, 0.15) is 5.82 Å². The number of benzene rings is 2. The maximum atomic E-state index is 12.1. The summed E-state index contributed by atoms with van der Waals surface area (Å²) < 4.78 is 0. The van der Waals surface area contributed by atoms with Crippen LogP contribution in [-0.4, -0.2) is 15.8 Å². The molecule has 0 amide bonds. The van der Waals surface area contributed by atoms with Gasteiger partial charge in [-0.15, -0.1) is 0 Å². The first-order valence-electron chi connectivity index (χ1n) is 7.02. The molecule has 3 heteroatoms. The van der Waals surface area contributed by atoms with Crippen LogP contribution >= 0.6 is 0 Å². The molecule has 1 aromatic heterocycles. The summed E-state index contributed by atoms with van der Waals surface area (Å²) in [6.07, 6.45) is 4.25. The molecule has 0 aliphatic heterocycles. The number of H-pyrrole nitrogens is 1. The molecule has 3 rings (SSSR count). The molecule has 0 atom stereocenters. The largest absolute Gasteiger partial charge is 0.338 e. The summed E-state index contributed by atoms with van der Waals surface area (Å²) >= 11 is 0. The van der Waals surface area contributed by atoms with Crippen LogP contribution in [0.1, 0.15) is 28.7 Å². The van der Waals surface area contributed by atoms with Crippen LogP contribution in [0.2, 0.25) is 0 Å². The van der Waals surface area contributed by atoms with Crippen molar-refractivity contribution in [2.45, 2.75) is 13.3 Å². The molecule has 104 valence electrons. The van der Waals surface area contributed by atoms with Crippen molar-refractivity contribution in [3.8, 4) is 0 Å². The third-order valence-electron chi connectivity index (χ3n) is 3.45. The van der Waals surface area contributed by atoms with Crippen molar-refractivity contribution in [3.63, 3.8) is 0 Å². The molecule has 0 bridgehead atoms. The molecule has 0 saturated carbocycles. The van der Waals surface area contributed by atoms with Gasteiger partial charge >= 0.3 is 0 Å². The van der Waals surface area contributed by atoms with Crippen molar-refractivity contribution in [3.05, 3.63) is 71.6 Å². The number of hydrogen-bond donors (Lipinski definition) is 1. The number of para-hydroxylation sites is 2. The predicted molar refractivity (Wildman–Crippen MR) is 85.3 cm³/mol. The van der Waals surface area contributed by atoms with Gasteiger partial charge in [0.05, 0.1) is 11.0 Å². The molecule has 0 radical (unpaired) electrons. The second kappa shape index (κ2) is 5.75. The molecule has 1 heterocycles. The summed E-state index contributed by atoms with van der Waals surface area (Å²) in [5.41, 5.74) is 3.79. The summed E-state index contributed by atoms with van der Waals surface area (Å²) in [7, 11) is 0. The lowest BCUT2D eigenvalue weighted by Gasteiger charge is -1.98. The molecule has 1 N–H and O–H groups in total. The fourth-order valence-electron chi connectivity index (χ4n) is 2.21. The SMILES string of the molecule is CCc1ccc(C(=O)C=Cc2nc3ccccc3[nH]2)cc1. The number of ketones is 1. The number of aromatic nitrogens is 2. The van der Waals surface area contributed by atoms with Gasteiger partial charge in [0.2, 0.25) is 0 Å². The molecule has 0 fully saturated rings. The van der Waals surface area contributed by atoms with E-state index in [1.165, 1.54) is 5.56 Å². The smallest absolute Gasteiger partial charge is 0.185 e. The van der Waals surface area contributed by atoms with Gasteiger partial charge in [-0.25, -0.2) is 4.98 Å². The number of nitrogens with zero attached hydrogens (tertiary/aromatic N) is 1. The van der Waals surface area contributed by atoms with Gasteiger partial charge in [-0.05, 0) is 36.3 Å². The Hall–Kier alpha value is -2.68. The fourth-order valence-corrected chi connectivity index (χ4v) is 2.21. The Kier molecular flexibility index (Phi) is 3.65. The van der Waals surface area contributed by atoms with Crippen LogP contribution in [0, 0.1) is 0 Å². The van der Waals surface area contributed by atoms with E-state index in [9.17, 15) is 4.79 Å². The van der Waals surface area contributed by atoms with Crippen molar-refractivity contribution in [1.29, 1.82) is 0 Å². The van der Waals surface area contributed by atoms with E-state index in [1.807, 2.05) is 48.5 Å². The van der Waals surface area contributed by atoms with Gasteiger partial charge in [0, 0.05) is 5.56 Å². The normalized spacial score (nSPS) is 11.3. The number of allylic oxidation sites excluding steroid dienone is 1. The van der Waals surface area contributed by atoms with E-state index < -0.39 is 0 Å². The molecule has 2 aromatic carbocycles. The van der Waals surface area contributed by atoms with Gasteiger partial charge in [0.15, 0.2) is 5.78 Å². The lowest BCUT2D eigenvalue weighted by atomic mass is 10.1. The van der Waals surface area contributed by atoms with E-state index in [0.717, 1.165) is 17.5 Å². The Bertz CT molecular complexity index is 764. The minimum absolute atomic E-state index is 0.0156. The van der Waals surface area contributed by atoms with E-state index in [-0.39, 0.29) is 5.78 Å². The van der Waals surface area contributed by atoms with Crippen LogP contribution < -0.4 is 0 Å². The lowest BCUT2D eigenvalue weighted by molar-refractivity contribution is 0.104. The zero-order valence-corrected chi connectivity index (χ0v) is 11.8. The van der Waals surface area contributed by atoms with Crippen molar-refractivity contribution in [2.75, 3.05) is 0 Å². The Labute approximate surface area is 123 Å². The van der Waals surface area contributed by atoms with Crippen LogP contribution in [0.5, 0.6) is 0 Å². The number of hydrogen-bond acceptors (Lipinski definition) is 2. The maximum Gasteiger partial charge on any atom is 0.185 e. The Morgan fingerprint density at radius 3 is 2.62 bits per heavy atom. The van der Waals surface area contributed by atoms with Crippen molar-refractivity contribution in [2.24, 2.45) is 0 Å². The Morgan fingerprint density at radius 2 is 1.90 bits per heavy atom. The molecule has 21 heavy (non-hydrogen) atoms. The van der Waals surface area contributed by atoms with E-state index in [2.05, 4.69) is 16.9 Å². The van der Waals surface area contributed by atoms with Crippen molar-refractivity contribution >= 4 is 22.9 Å². The lowest BCUT2D eigenvalue weighted by Crippen LogP contribution is -1.94. The summed E-state index contributed by atoms with van der Waals surface area (Å²) in [6, 6.07) is 15.5. The number of carbonyl (C=O) groups is 1. The maximum absolute atomic E-state index is 12.1. The summed E-state index contributed by atoms with van der Waals surface area (Å²) in [4.78, 5) is 19.7. The highest BCUT2D eigenvalue weighted by atomic mass is 16.1. The second-order valence-corrected chi connectivity index (χ2v) is 4.89. The quantitative estimate of drug-likeness (QED) is 0.578. The molecule has 0 aliphatic rings. The van der Waals surface area contributed by atoms with Gasteiger partial charge in [-0.2, -0.15) is 0 Å². The van der Waals surface area contributed by atoms with Gasteiger partial charge in [0.25, 0.3) is 0 Å². The second-order valence-electron chi connectivity index (χ2n) is 4.89. The zero-order valence-electron chi connectivity index (χ0n) is 11.8. The fraction of sp³-hybridized carbons (Fsp3) is 0.111. The molecular formula is C18H16N2O. The van der Waals surface area contributed by atoms with Crippen LogP contribution in [0.15, 0.2) is 54.6 Å². The number of carbonyl (C=O) groups excluding carboxylic acids is 1. The Balaban J connectivity index is 1.79. The predicted octanol–water partition coefficient (Wildman–Crippen LogP) is 4.02. The number of rotatable bonds is 4. The first-order chi connectivity index (χ1) is 10.3. The monoisotopic (exact) mass is 276 g/mol. The molecule has 0 unspecified atom stereocenters. The molecule has 3 nitrogen and oxygen atoms in total. The highest BCUT2D eigenvalue weighted by molar-refractivity contribution is 6.06. The van der Waals surface area contributed by atoms with Gasteiger partial charge in [-0.1, -0.05) is 43.3 Å². The number of aryl methyl sites for hydroxylation is 1. The zero-order chi connectivity index (χ0) is 14.7. The van der Waals surface area contributed by atoms with Crippen LogP contribution in [0.3, 0.4) is 0 Å². The van der Waals surface area contributed by atoms with Crippen LogP contribution in [-0.2, 0) is 6.42 Å². The van der Waals surface area contributed by atoms with Crippen LogP contribution in [0.25, 0.3) is 17.1 Å². The summed E-state index contributed by atoms with van der Waals surface area (Å²) in [5.74, 6) is 0.674. The van der Waals surface area contributed by atoms with E-state index in [0.29, 0.717) is 11.4 Å². The van der Waals surface area contributed by atoms with E-state index in [4.69, 9.17) is 0 Å². The average Bonchev–Trinajstić information content (AvgIpc) is 2.95. The molecule has 0 spiro atoms. The molecular weight excluding hydrogens is 260 g/mol. The first kappa shape index (κ1) is 13.3. The summed E-state index contributed by atoms with van der Waals surface area (Å²) in [6.45, 7) is 2.10. The molecule has 0 saturated heterocycles. The minimum atomic E-state index is -0.0156. The topological polar surface area (TPSA) is 45.8 Å². The third kappa shape index (κ3) is 2.92. The van der Waals surface area contributed by atoms with Gasteiger partial charge in [-0.3, -0.25) is 4.79 Å². The third-order valence-corrected chi connectivity index (χ3v) is 3.45. The number of imidazole rings is 1. The Morgan fingerprint density at radius 1 is 1.14 bits per heavy atom. The van der Waals surface area contributed by atoms with Crippen LogP contribution in [0.4, 0.5) is 0 Å². The number of fused-ring (bicyclic) bond motifs is 1. The number of nitrogens with one attached hydrogen (secondary N) is 1. The first-order valence-corrected chi connectivity index (χ1v) is 7.02. The van der Waals surface area contributed by atoms with Crippen molar-refractivity contribution in [1.82, 2.24) is 9.97 Å². The molecule has 0 aliphatic carbocycles. The highest BCUT2D eigenvalue weighted by Crippen LogP contribution is 2.12.